The molecule has 0 aliphatic heterocycles. The van der Waals surface area contributed by atoms with Crippen LogP contribution in [-0.2, 0) is 51.2 Å². The van der Waals surface area contributed by atoms with Gasteiger partial charge in [0.1, 0.15) is 42.0 Å². The van der Waals surface area contributed by atoms with Crippen LogP contribution in [0.2, 0.25) is 0 Å². The summed E-state index contributed by atoms with van der Waals surface area (Å²) in [7, 11) is 0. The standard InChI is InChI=1S/C42H62N8O13/c1-4-23(2)34(44)40(60)46-28(12-8-9-19-43)36(56)45-29(17-18-33(54)55)37(57)47-30(21-26-13-15-27(53)16-14-26)38(58)48-31(20-25-10-6-5-7-11-25)39(59)50-35(24(3)52)41(61)49-32(22-51)42(62)63/h5-7,10-11,13-16,23-24,28-32,34-35,51-53H,4,8-9,12,17-22,43-44H2,1-3H3,(H,45,56)(H,46,60)(H,47,57)(H,48,58)(H,49,61)(H,50,59)(H,54,55)(H,62,63). The predicted octanol–water partition coefficient (Wildman–Crippen LogP) is -2.09. The van der Waals surface area contributed by atoms with Gasteiger partial charge < -0.3 is 68.9 Å². The summed E-state index contributed by atoms with van der Waals surface area (Å²) >= 11 is 0. The van der Waals surface area contributed by atoms with Gasteiger partial charge in [0, 0.05) is 19.3 Å². The largest absolute Gasteiger partial charge is 0.508 e. The molecule has 2 aromatic carbocycles. The fourth-order valence-electron chi connectivity index (χ4n) is 6.14. The first-order valence-electron chi connectivity index (χ1n) is 20.6. The summed E-state index contributed by atoms with van der Waals surface area (Å²) in [5.74, 6) is -8.81. The van der Waals surface area contributed by atoms with Crippen molar-refractivity contribution in [1.82, 2.24) is 31.9 Å². The molecule has 21 heteroatoms. The fraction of sp³-hybridized carbons (Fsp3) is 0.524. The van der Waals surface area contributed by atoms with E-state index in [2.05, 4.69) is 26.6 Å². The van der Waals surface area contributed by atoms with Crippen LogP contribution < -0.4 is 43.4 Å². The number of nitrogens with one attached hydrogen (secondary N) is 6. The number of aliphatic hydroxyl groups is 2. The van der Waals surface area contributed by atoms with E-state index in [9.17, 15) is 63.9 Å². The molecule has 6 amide bonds. The number of phenols is 1. The van der Waals surface area contributed by atoms with Gasteiger partial charge in [-0.1, -0.05) is 62.7 Å². The summed E-state index contributed by atoms with van der Waals surface area (Å²) in [4.78, 5) is 105. The molecule has 0 radical (unpaired) electrons. The molecule has 21 nitrogen and oxygen atoms in total. The normalized spacial score (nSPS) is 15.3. The zero-order chi connectivity index (χ0) is 47.2. The Morgan fingerprint density at radius 3 is 1.59 bits per heavy atom. The van der Waals surface area contributed by atoms with Crippen LogP contribution in [0.3, 0.4) is 0 Å². The Balaban J connectivity index is 2.52. The second-order valence-corrected chi connectivity index (χ2v) is 15.2. The minimum Gasteiger partial charge on any atom is -0.508 e. The number of hydrogen-bond acceptors (Lipinski definition) is 13. The number of aromatic hydroxyl groups is 1. The van der Waals surface area contributed by atoms with E-state index < -0.39 is 115 Å². The molecule has 348 valence electrons. The van der Waals surface area contributed by atoms with Crippen LogP contribution in [0.4, 0.5) is 0 Å². The summed E-state index contributed by atoms with van der Waals surface area (Å²) in [6.45, 7) is 4.06. The van der Waals surface area contributed by atoms with Crippen molar-refractivity contribution in [3.63, 3.8) is 0 Å². The third kappa shape index (κ3) is 18.4. The second kappa shape index (κ2) is 27.0. The fourth-order valence-corrected chi connectivity index (χ4v) is 6.14. The van der Waals surface area contributed by atoms with Gasteiger partial charge in [-0.2, -0.15) is 0 Å². The topological polar surface area (TPSA) is 362 Å². The lowest BCUT2D eigenvalue weighted by Gasteiger charge is -2.28. The molecule has 0 heterocycles. The lowest BCUT2D eigenvalue weighted by Crippen LogP contribution is -2.61. The Hall–Kier alpha value is -6.16. The number of hydrogen-bond donors (Lipinski definition) is 13. The van der Waals surface area contributed by atoms with Gasteiger partial charge in [-0.25, -0.2) is 4.79 Å². The van der Waals surface area contributed by atoms with Gasteiger partial charge >= 0.3 is 11.9 Å². The van der Waals surface area contributed by atoms with Gasteiger partial charge in [0.25, 0.3) is 0 Å². The van der Waals surface area contributed by atoms with E-state index in [4.69, 9.17) is 11.5 Å². The first kappa shape index (κ1) is 53.0. The number of carbonyl (C=O) groups excluding carboxylic acids is 6. The Bertz CT molecular complexity index is 1830. The molecule has 2 rings (SSSR count). The maximum atomic E-state index is 14.3. The Kier molecular flexibility index (Phi) is 22.7. The molecule has 9 atom stereocenters. The molecule has 9 unspecified atom stereocenters. The first-order valence-corrected chi connectivity index (χ1v) is 20.6. The van der Waals surface area contributed by atoms with Crippen LogP contribution in [0.25, 0.3) is 0 Å². The maximum absolute atomic E-state index is 14.3. The number of benzene rings is 2. The molecule has 63 heavy (non-hydrogen) atoms. The number of rotatable bonds is 28. The number of aliphatic carboxylic acids is 2. The molecule has 0 aliphatic carbocycles. The van der Waals surface area contributed by atoms with Crippen molar-refractivity contribution in [2.75, 3.05) is 13.2 Å². The van der Waals surface area contributed by atoms with Gasteiger partial charge in [0.15, 0.2) is 0 Å². The summed E-state index contributed by atoms with van der Waals surface area (Å²) in [6, 6.07) is 3.57. The molecule has 0 fully saturated rings. The van der Waals surface area contributed by atoms with Gasteiger partial charge in [0.2, 0.25) is 35.4 Å². The monoisotopic (exact) mass is 886 g/mol. The number of carboxylic acids is 2. The van der Waals surface area contributed by atoms with E-state index in [1.807, 2.05) is 12.2 Å². The Morgan fingerprint density at radius 2 is 1.10 bits per heavy atom. The van der Waals surface area contributed by atoms with E-state index in [-0.39, 0.29) is 30.9 Å². The third-order valence-electron chi connectivity index (χ3n) is 10.2. The summed E-state index contributed by atoms with van der Waals surface area (Å²) < 4.78 is 0. The van der Waals surface area contributed by atoms with Crippen LogP contribution >= 0.6 is 0 Å². The SMILES string of the molecule is CCC(C)C(N)C(=O)NC(CCCCN)C(=O)NC(CCC(=O)O)C(=O)NC(Cc1ccc(O)cc1)C(=O)NC(Cc1ccccc1)C(=O)NC(C(=O)NC(CO)C(=O)O)C(C)O. The molecular formula is C42H62N8O13. The quantitative estimate of drug-likeness (QED) is 0.0408. The van der Waals surface area contributed by atoms with Crippen molar-refractivity contribution in [1.29, 1.82) is 0 Å². The van der Waals surface area contributed by atoms with Crippen molar-refractivity contribution >= 4 is 47.4 Å². The molecule has 15 N–H and O–H groups in total. The molecule has 0 bridgehead atoms. The number of nitrogens with two attached hydrogens (primary N) is 2. The zero-order valence-electron chi connectivity index (χ0n) is 35.6. The van der Waals surface area contributed by atoms with Gasteiger partial charge in [-0.15, -0.1) is 0 Å². The van der Waals surface area contributed by atoms with E-state index in [1.165, 1.54) is 24.3 Å². The van der Waals surface area contributed by atoms with Crippen LogP contribution in [0.5, 0.6) is 5.75 Å². The lowest BCUT2D eigenvalue weighted by atomic mass is 9.98. The van der Waals surface area contributed by atoms with E-state index in [0.717, 1.165) is 6.92 Å². The van der Waals surface area contributed by atoms with E-state index in [0.29, 0.717) is 36.9 Å². The zero-order valence-corrected chi connectivity index (χ0v) is 35.6. The molecule has 0 saturated carbocycles. The number of phenolic OH excluding ortho intramolecular Hbond substituents is 1. The highest BCUT2D eigenvalue weighted by Crippen LogP contribution is 2.14. The van der Waals surface area contributed by atoms with Gasteiger partial charge in [-0.3, -0.25) is 33.6 Å². The predicted molar refractivity (Wildman–Crippen MR) is 227 cm³/mol. The van der Waals surface area contributed by atoms with E-state index in [1.54, 1.807) is 37.3 Å². The Morgan fingerprint density at radius 1 is 0.619 bits per heavy atom. The molecule has 0 spiro atoms. The van der Waals surface area contributed by atoms with Crippen molar-refractivity contribution in [3.8, 4) is 5.75 Å². The minimum atomic E-state index is -1.77. The van der Waals surface area contributed by atoms with Crippen molar-refractivity contribution in [3.05, 3.63) is 65.7 Å². The second-order valence-electron chi connectivity index (χ2n) is 15.2. The smallest absolute Gasteiger partial charge is 0.328 e. The van der Waals surface area contributed by atoms with E-state index >= 15 is 0 Å². The number of unbranched alkanes of at least 4 members (excludes halogenated alkanes) is 1. The van der Waals surface area contributed by atoms with Crippen LogP contribution in [0.1, 0.15) is 70.4 Å². The molecule has 2 aromatic rings. The Labute approximate surface area is 365 Å². The van der Waals surface area contributed by atoms with Gasteiger partial charge in [-0.05, 0) is 68.3 Å². The van der Waals surface area contributed by atoms with Crippen LogP contribution in [-0.4, -0.2) is 134 Å². The van der Waals surface area contributed by atoms with Crippen molar-refractivity contribution in [2.45, 2.75) is 121 Å². The van der Waals surface area contributed by atoms with Crippen molar-refractivity contribution < 1.29 is 63.9 Å². The number of carbonyl (C=O) groups is 8. The number of amides is 6. The minimum absolute atomic E-state index is 0.102. The molecule has 0 aromatic heterocycles. The van der Waals surface area contributed by atoms with Crippen molar-refractivity contribution in [2.24, 2.45) is 17.4 Å². The first-order chi connectivity index (χ1) is 29.8. The molecule has 0 saturated heterocycles. The highest BCUT2D eigenvalue weighted by molar-refractivity contribution is 5.97. The van der Waals surface area contributed by atoms with Gasteiger partial charge in [0.05, 0.1) is 18.8 Å². The summed E-state index contributed by atoms with van der Waals surface area (Å²) in [5, 5.41) is 63.1. The third-order valence-corrected chi connectivity index (χ3v) is 10.2. The summed E-state index contributed by atoms with van der Waals surface area (Å²) in [5.41, 5.74) is 12.7. The average Bonchev–Trinajstić information content (AvgIpc) is 3.24. The lowest BCUT2D eigenvalue weighted by molar-refractivity contribution is -0.144. The number of aliphatic hydroxyl groups excluding tert-OH is 2. The van der Waals surface area contributed by atoms with Crippen LogP contribution in [0, 0.1) is 5.92 Å². The average molecular weight is 887 g/mol. The highest BCUT2D eigenvalue weighted by atomic mass is 16.4. The maximum Gasteiger partial charge on any atom is 0.328 e. The van der Waals surface area contributed by atoms with Crippen LogP contribution in [0.15, 0.2) is 54.6 Å². The highest BCUT2D eigenvalue weighted by Gasteiger charge is 2.35. The molecule has 0 aliphatic rings. The summed E-state index contributed by atoms with van der Waals surface area (Å²) in [6.07, 6.45) is -1.53. The molecular weight excluding hydrogens is 825 g/mol. The number of carboxylic acid groups (broad SMARTS) is 2.